The lowest BCUT2D eigenvalue weighted by molar-refractivity contribution is -0.117. The second-order valence-electron chi connectivity index (χ2n) is 6.01. The molecule has 0 spiro atoms. The number of carbonyl (C=O) groups is 1. The minimum absolute atomic E-state index is 0.0221. The number of amides is 1. The van der Waals surface area contributed by atoms with Crippen molar-refractivity contribution in [3.05, 3.63) is 42.4 Å². The lowest BCUT2D eigenvalue weighted by Crippen LogP contribution is -2.37. The van der Waals surface area contributed by atoms with Gasteiger partial charge in [0.1, 0.15) is 11.6 Å². The van der Waals surface area contributed by atoms with Crippen molar-refractivity contribution in [1.29, 1.82) is 0 Å². The molecule has 3 N–H and O–H groups in total. The van der Waals surface area contributed by atoms with Gasteiger partial charge in [-0.2, -0.15) is 0 Å². The summed E-state index contributed by atoms with van der Waals surface area (Å²) in [5.41, 5.74) is 8.19. The molecule has 1 aromatic carbocycles. The molecule has 0 aliphatic carbocycles. The Kier molecular flexibility index (Phi) is 4.07. The topological polar surface area (TPSA) is 97.1 Å². The molecule has 1 saturated heterocycles. The second-order valence-corrected chi connectivity index (χ2v) is 6.01. The molecule has 7 nitrogen and oxygen atoms in total. The SMILES string of the molecule is NC(=O)Cc1nc(-c2cccc3[nH]ccc23)cc(N2CCOCC2)n1. The largest absolute Gasteiger partial charge is 0.378 e. The predicted octanol–water partition coefficient (Wildman–Crippen LogP) is 1.49. The summed E-state index contributed by atoms with van der Waals surface area (Å²) in [6.45, 7) is 2.86. The molecular formula is C18H19N5O2. The molecule has 3 aromatic rings. The fourth-order valence-corrected chi connectivity index (χ4v) is 3.12. The van der Waals surface area contributed by atoms with Crippen LogP contribution in [0.4, 0.5) is 5.82 Å². The number of primary amides is 1. The summed E-state index contributed by atoms with van der Waals surface area (Å²) in [5.74, 6) is 0.807. The van der Waals surface area contributed by atoms with Crippen LogP contribution in [0, 0.1) is 0 Å². The number of morpholine rings is 1. The van der Waals surface area contributed by atoms with Crippen LogP contribution in [0.25, 0.3) is 22.2 Å². The van der Waals surface area contributed by atoms with Crippen LogP contribution >= 0.6 is 0 Å². The van der Waals surface area contributed by atoms with Crippen LogP contribution in [-0.2, 0) is 16.0 Å². The van der Waals surface area contributed by atoms with Crippen molar-refractivity contribution >= 4 is 22.6 Å². The zero-order valence-corrected chi connectivity index (χ0v) is 13.7. The maximum Gasteiger partial charge on any atom is 0.225 e. The molecule has 0 saturated carbocycles. The highest BCUT2D eigenvalue weighted by Gasteiger charge is 2.17. The molecule has 1 aliphatic heterocycles. The lowest BCUT2D eigenvalue weighted by Gasteiger charge is -2.28. The van der Waals surface area contributed by atoms with Gasteiger partial charge in [0.05, 0.1) is 25.3 Å². The summed E-state index contributed by atoms with van der Waals surface area (Å²) < 4.78 is 5.41. The normalized spacial score (nSPS) is 14.8. The van der Waals surface area contributed by atoms with E-state index >= 15 is 0 Å². The summed E-state index contributed by atoms with van der Waals surface area (Å²) in [6, 6.07) is 10.0. The zero-order valence-electron chi connectivity index (χ0n) is 13.7. The molecule has 25 heavy (non-hydrogen) atoms. The Morgan fingerprint density at radius 2 is 2.08 bits per heavy atom. The van der Waals surface area contributed by atoms with Gasteiger partial charge in [0.25, 0.3) is 0 Å². The number of nitrogens with zero attached hydrogens (tertiary/aromatic N) is 3. The first-order valence-corrected chi connectivity index (χ1v) is 8.26. The summed E-state index contributed by atoms with van der Waals surface area (Å²) >= 11 is 0. The molecule has 0 bridgehead atoms. The highest BCUT2D eigenvalue weighted by molar-refractivity contribution is 5.94. The van der Waals surface area contributed by atoms with Gasteiger partial charge in [-0.25, -0.2) is 9.97 Å². The van der Waals surface area contributed by atoms with E-state index in [1.807, 2.05) is 36.5 Å². The van der Waals surface area contributed by atoms with Crippen molar-refractivity contribution in [2.45, 2.75) is 6.42 Å². The van der Waals surface area contributed by atoms with Crippen LogP contribution in [0.1, 0.15) is 5.82 Å². The van der Waals surface area contributed by atoms with E-state index in [9.17, 15) is 4.79 Å². The Bertz CT molecular complexity index is 915. The average molecular weight is 337 g/mol. The number of hydrogen-bond donors (Lipinski definition) is 2. The van der Waals surface area contributed by atoms with Gasteiger partial charge < -0.3 is 20.4 Å². The van der Waals surface area contributed by atoms with Crippen LogP contribution in [0.2, 0.25) is 0 Å². The molecule has 128 valence electrons. The number of nitrogens with one attached hydrogen (secondary N) is 1. The Labute approximate surface area is 144 Å². The van der Waals surface area contributed by atoms with Crippen molar-refractivity contribution in [2.24, 2.45) is 5.73 Å². The van der Waals surface area contributed by atoms with Gasteiger partial charge in [0.2, 0.25) is 5.91 Å². The Hall–Kier alpha value is -2.93. The average Bonchev–Trinajstić information content (AvgIpc) is 3.10. The molecule has 2 aromatic heterocycles. The van der Waals surface area contributed by atoms with E-state index in [1.54, 1.807) is 0 Å². The Morgan fingerprint density at radius 1 is 1.24 bits per heavy atom. The second kappa shape index (κ2) is 6.52. The minimum atomic E-state index is -0.440. The highest BCUT2D eigenvalue weighted by atomic mass is 16.5. The third-order valence-corrected chi connectivity index (χ3v) is 4.30. The number of H-pyrrole nitrogens is 1. The predicted molar refractivity (Wildman–Crippen MR) is 95.3 cm³/mol. The van der Waals surface area contributed by atoms with Gasteiger partial charge in [-0.3, -0.25) is 4.79 Å². The molecule has 1 aliphatic rings. The lowest BCUT2D eigenvalue weighted by atomic mass is 10.1. The van der Waals surface area contributed by atoms with Crippen LogP contribution in [0.3, 0.4) is 0 Å². The van der Waals surface area contributed by atoms with Crippen LogP contribution in [-0.4, -0.2) is 47.2 Å². The molecule has 0 atom stereocenters. The first-order valence-electron chi connectivity index (χ1n) is 8.26. The fourth-order valence-electron chi connectivity index (χ4n) is 3.12. The number of nitrogens with two attached hydrogens (primary N) is 1. The number of ether oxygens (including phenoxy) is 1. The molecule has 4 rings (SSSR count). The number of hydrogen-bond acceptors (Lipinski definition) is 5. The number of aromatic amines is 1. The van der Waals surface area contributed by atoms with Crippen molar-refractivity contribution < 1.29 is 9.53 Å². The van der Waals surface area contributed by atoms with E-state index in [0.29, 0.717) is 19.0 Å². The minimum Gasteiger partial charge on any atom is -0.378 e. The van der Waals surface area contributed by atoms with Crippen molar-refractivity contribution in [3.63, 3.8) is 0 Å². The maximum absolute atomic E-state index is 11.4. The zero-order chi connectivity index (χ0) is 17.2. The summed E-state index contributed by atoms with van der Waals surface area (Å²) in [4.78, 5) is 25.9. The van der Waals surface area contributed by atoms with Gasteiger partial charge in [0, 0.05) is 41.8 Å². The first kappa shape index (κ1) is 15.6. The molecule has 0 radical (unpaired) electrons. The van der Waals surface area contributed by atoms with E-state index in [1.165, 1.54) is 0 Å². The van der Waals surface area contributed by atoms with Gasteiger partial charge in [-0.1, -0.05) is 12.1 Å². The molecule has 1 fully saturated rings. The van der Waals surface area contributed by atoms with Crippen LogP contribution < -0.4 is 10.6 Å². The van der Waals surface area contributed by atoms with Crippen molar-refractivity contribution in [2.75, 3.05) is 31.2 Å². The number of aromatic nitrogens is 3. The first-order chi connectivity index (χ1) is 12.2. The number of carbonyl (C=O) groups excluding carboxylic acids is 1. The van der Waals surface area contributed by atoms with E-state index in [4.69, 9.17) is 10.5 Å². The number of fused-ring (bicyclic) bond motifs is 1. The van der Waals surface area contributed by atoms with E-state index in [2.05, 4.69) is 19.9 Å². The van der Waals surface area contributed by atoms with E-state index in [-0.39, 0.29) is 6.42 Å². The molecule has 0 unspecified atom stereocenters. The molecule has 3 heterocycles. The van der Waals surface area contributed by atoms with Crippen LogP contribution in [0.5, 0.6) is 0 Å². The van der Waals surface area contributed by atoms with Gasteiger partial charge in [-0.05, 0) is 12.1 Å². The summed E-state index contributed by atoms with van der Waals surface area (Å²) in [7, 11) is 0. The Balaban J connectivity index is 1.83. The standard InChI is InChI=1S/C18H19N5O2/c19-16(24)11-17-21-15(10-18(22-17)23-6-8-25-9-7-23)12-2-1-3-14-13(12)4-5-20-14/h1-5,10,20H,6-9,11H2,(H2,19,24). The van der Waals surface area contributed by atoms with Crippen molar-refractivity contribution in [3.8, 4) is 11.3 Å². The third kappa shape index (κ3) is 3.18. The van der Waals surface area contributed by atoms with Crippen molar-refractivity contribution in [1.82, 2.24) is 15.0 Å². The quantitative estimate of drug-likeness (QED) is 0.752. The smallest absolute Gasteiger partial charge is 0.225 e. The fraction of sp³-hybridized carbons (Fsp3) is 0.278. The van der Waals surface area contributed by atoms with Gasteiger partial charge >= 0.3 is 0 Å². The molecule has 1 amide bonds. The number of anilines is 1. The van der Waals surface area contributed by atoms with E-state index < -0.39 is 5.91 Å². The molecular weight excluding hydrogens is 318 g/mol. The van der Waals surface area contributed by atoms with E-state index in [0.717, 1.165) is 41.1 Å². The maximum atomic E-state index is 11.4. The summed E-state index contributed by atoms with van der Waals surface area (Å²) in [5, 5.41) is 1.08. The highest BCUT2D eigenvalue weighted by Crippen LogP contribution is 2.29. The van der Waals surface area contributed by atoms with Crippen LogP contribution in [0.15, 0.2) is 36.5 Å². The van der Waals surface area contributed by atoms with Gasteiger partial charge in [-0.15, -0.1) is 0 Å². The monoisotopic (exact) mass is 337 g/mol. The summed E-state index contributed by atoms with van der Waals surface area (Å²) in [6.07, 6.45) is 1.93. The number of benzene rings is 1. The Morgan fingerprint density at radius 3 is 2.88 bits per heavy atom. The molecule has 7 heteroatoms. The number of rotatable bonds is 4. The van der Waals surface area contributed by atoms with Gasteiger partial charge in [0.15, 0.2) is 0 Å². The third-order valence-electron chi connectivity index (χ3n) is 4.30.